The molecule has 20 heavy (non-hydrogen) atoms. The van der Waals surface area contributed by atoms with Gasteiger partial charge in [0.05, 0.1) is 12.7 Å². The molecule has 2 rings (SSSR count). The van der Waals surface area contributed by atoms with Crippen LogP contribution in [0.1, 0.15) is 12.8 Å². The van der Waals surface area contributed by atoms with Crippen molar-refractivity contribution in [2.45, 2.75) is 25.0 Å². The fourth-order valence-corrected chi connectivity index (χ4v) is 2.25. The third-order valence-corrected chi connectivity index (χ3v) is 3.51. The van der Waals surface area contributed by atoms with E-state index in [-0.39, 0.29) is 25.1 Å². The average Bonchev–Trinajstić information content (AvgIpc) is 2.45. The number of benzene rings is 1. The summed E-state index contributed by atoms with van der Waals surface area (Å²) in [4.78, 5) is 0. The number of rotatable bonds is 6. The first-order chi connectivity index (χ1) is 9.65. The van der Waals surface area contributed by atoms with Crippen molar-refractivity contribution in [2.24, 2.45) is 0 Å². The number of hydrogen-bond acceptors (Lipinski definition) is 4. The molecule has 0 aliphatic carbocycles. The summed E-state index contributed by atoms with van der Waals surface area (Å²) in [6.07, 6.45) is 1.04. The van der Waals surface area contributed by atoms with Crippen molar-refractivity contribution in [2.75, 3.05) is 26.4 Å². The summed E-state index contributed by atoms with van der Waals surface area (Å²) in [7, 11) is 0. The summed E-state index contributed by atoms with van der Waals surface area (Å²) >= 11 is 3.17. The van der Waals surface area contributed by atoms with Gasteiger partial charge in [-0.15, -0.1) is 0 Å². The van der Waals surface area contributed by atoms with Gasteiger partial charge in [0.1, 0.15) is 12.7 Å². The van der Waals surface area contributed by atoms with Crippen LogP contribution in [0.3, 0.4) is 0 Å². The summed E-state index contributed by atoms with van der Waals surface area (Å²) < 4.78 is 30.2. The number of hydrogen-bond donors (Lipinski definition) is 1. The van der Waals surface area contributed by atoms with Gasteiger partial charge in [0.25, 0.3) is 0 Å². The summed E-state index contributed by atoms with van der Waals surface area (Å²) in [5.74, 6) is -0.338. The van der Waals surface area contributed by atoms with Crippen LogP contribution in [-0.4, -0.2) is 43.7 Å². The molecule has 0 amide bonds. The lowest BCUT2D eigenvalue weighted by molar-refractivity contribution is -0.0661. The Labute approximate surface area is 126 Å². The van der Waals surface area contributed by atoms with Crippen LogP contribution < -0.4 is 4.74 Å². The Kier molecular flexibility index (Phi) is 6.22. The van der Waals surface area contributed by atoms with Gasteiger partial charge in [-0.3, -0.25) is 0 Å². The topological polar surface area (TPSA) is 47.9 Å². The molecule has 0 spiro atoms. The monoisotopic (exact) mass is 348 g/mol. The zero-order valence-electron chi connectivity index (χ0n) is 11.1. The van der Waals surface area contributed by atoms with Gasteiger partial charge in [-0.2, -0.15) is 0 Å². The highest BCUT2D eigenvalue weighted by Gasteiger charge is 2.16. The van der Waals surface area contributed by atoms with E-state index in [2.05, 4.69) is 15.9 Å². The zero-order chi connectivity index (χ0) is 14.4. The Morgan fingerprint density at radius 1 is 1.35 bits per heavy atom. The van der Waals surface area contributed by atoms with Crippen LogP contribution in [0.4, 0.5) is 4.39 Å². The summed E-state index contributed by atoms with van der Waals surface area (Å²) in [5, 5.41) is 9.77. The molecule has 112 valence electrons. The van der Waals surface area contributed by atoms with E-state index in [1.54, 1.807) is 6.07 Å². The minimum absolute atomic E-state index is 0.00176. The molecule has 0 unspecified atom stereocenters. The summed E-state index contributed by atoms with van der Waals surface area (Å²) in [6.45, 7) is 1.58. The van der Waals surface area contributed by atoms with Crippen LogP contribution in [0.2, 0.25) is 0 Å². The SMILES string of the molecule is O[C@@H](COc1ccc(Br)cc1F)COC1CCOCC1. The third-order valence-electron chi connectivity index (χ3n) is 3.02. The van der Waals surface area contributed by atoms with Gasteiger partial charge in [-0.05, 0) is 31.0 Å². The molecule has 1 aromatic rings. The Morgan fingerprint density at radius 3 is 2.80 bits per heavy atom. The highest BCUT2D eigenvalue weighted by Crippen LogP contribution is 2.21. The number of ether oxygens (including phenoxy) is 3. The predicted octanol–water partition coefficient (Wildman–Crippen LogP) is 2.52. The van der Waals surface area contributed by atoms with Crippen LogP contribution in [0.5, 0.6) is 5.75 Å². The Bertz CT molecular complexity index is 424. The Hall–Kier alpha value is -0.690. The van der Waals surface area contributed by atoms with E-state index >= 15 is 0 Å². The second-order valence-electron chi connectivity index (χ2n) is 4.68. The summed E-state index contributed by atoms with van der Waals surface area (Å²) in [5.41, 5.74) is 0. The minimum Gasteiger partial charge on any atom is -0.488 e. The van der Waals surface area contributed by atoms with Gasteiger partial charge in [-0.25, -0.2) is 4.39 Å². The molecule has 0 radical (unpaired) electrons. The largest absolute Gasteiger partial charge is 0.488 e. The van der Waals surface area contributed by atoms with E-state index in [1.807, 2.05) is 0 Å². The van der Waals surface area contributed by atoms with Crippen LogP contribution in [0, 0.1) is 5.82 Å². The molecule has 1 atom stereocenters. The van der Waals surface area contributed by atoms with Crippen molar-refractivity contribution >= 4 is 15.9 Å². The normalized spacial score (nSPS) is 17.9. The molecular weight excluding hydrogens is 331 g/mol. The molecule has 1 aromatic carbocycles. The zero-order valence-corrected chi connectivity index (χ0v) is 12.6. The van der Waals surface area contributed by atoms with Crippen LogP contribution in [-0.2, 0) is 9.47 Å². The third kappa shape index (κ3) is 5.01. The molecule has 0 saturated carbocycles. The lowest BCUT2D eigenvalue weighted by atomic mass is 10.1. The van der Waals surface area contributed by atoms with E-state index in [9.17, 15) is 9.50 Å². The van der Waals surface area contributed by atoms with Gasteiger partial charge < -0.3 is 19.3 Å². The fourth-order valence-electron chi connectivity index (χ4n) is 1.92. The van der Waals surface area contributed by atoms with E-state index in [0.717, 1.165) is 12.8 Å². The molecule has 1 heterocycles. The lowest BCUT2D eigenvalue weighted by Crippen LogP contribution is -2.30. The highest BCUT2D eigenvalue weighted by molar-refractivity contribution is 9.10. The van der Waals surface area contributed by atoms with Crippen molar-refractivity contribution in [1.29, 1.82) is 0 Å². The molecule has 0 bridgehead atoms. The van der Waals surface area contributed by atoms with E-state index in [1.165, 1.54) is 12.1 Å². The maximum atomic E-state index is 13.5. The van der Waals surface area contributed by atoms with E-state index in [0.29, 0.717) is 17.7 Å². The van der Waals surface area contributed by atoms with E-state index in [4.69, 9.17) is 14.2 Å². The standard InChI is InChI=1S/C14H18BrFO4/c15-10-1-2-14(13(16)7-10)20-9-11(17)8-19-12-3-5-18-6-4-12/h1-2,7,11-12,17H,3-6,8-9H2/t11-/m1/s1. The maximum Gasteiger partial charge on any atom is 0.166 e. The molecule has 1 fully saturated rings. The van der Waals surface area contributed by atoms with Crippen LogP contribution in [0.15, 0.2) is 22.7 Å². The maximum absolute atomic E-state index is 13.5. The number of halogens is 2. The number of aliphatic hydroxyl groups excluding tert-OH is 1. The van der Waals surface area contributed by atoms with Crippen LogP contribution in [0.25, 0.3) is 0 Å². The van der Waals surface area contributed by atoms with Gasteiger partial charge >= 0.3 is 0 Å². The second kappa shape index (κ2) is 7.93. The molecule has 1 N–H and O–H groups in total. The first kappa shape index (κ1) is 15.7. The smallest absolute Gasteiger partial charge is 0.166 e. The van der Waals surface area contributed by atoms with Crippen molar-refractivity contribution in [3.8, 4) is 5.75 Å². The summed E-state index contributed by atoms with van der Waals surface area (Å²) in [6, 6.07) is 4.52. The average molecular weight is 349 g/mol. The molecule has 0 aromatic heterocycles. The quantitative estimate of drug-likeness (QED) is 0.858. The molecular formula is C14H18BrFO4. The van der Waals surface area contributed by atoms with Gasteiger partial charge in [0.2, 0.25) is 0 Å². The first-order valence-corrected chi connectivity index (χ1v) is 7.39. The molecule has 4 nitrogen and oxygen atoms in total. The van der Waals surface area contributed by atoms with E-state index < -0.39 is 11.9 Å². The van der Waals surface area contributed by atoms with Crippen molar-refractivity contribution in [3.05, 3.63) is 28.5 Å². The fraction of sp³-hybridized carbons (Fsp3) is 0.571. The van der Waals surface area contributed by atoms with Crippen molar-refractivity contribution in [1.82, 2.24) is 0 Å². The number of aliphatic hydroxyl groups is 1. The van der Waals surface area contributed by atoms with Gasteiger partial charge in [0, 0.05) is 17.7 Å². The Balaban J connectivity index is 1.70. The van der Waals surface area contributed by atoms with Gasteiger partial charge in [-0.1, -0.05) is 15.9 Å². The lowest BCUT2D eigenvalue weighted by Gasteiger charge is -2.23. The van der Waals surface area contributed by atoms with Gasteiger partial charge in [0.15, 0.2) is 11.6 Å². The molecule has 1 aliphatic heterocycles. The van der Waals surface area contributed by atoms with Crippen LogP contribution >= 0.6 is 15.9 Å². The van der Waals surface area contributed by atoms with Crippen molar-refractivity contribution < 1.29 is 23.7 Å². The minimum atomic E-state index is -0.777. The highest BCUT2D eigenvalue weighted by atomic mass is 79.9. The molecule has 1 saturated heterocycles. The molecule has 6 heteroatoms. The second-order valence-corrected chi connectivity index (χ2v) is 5.60. The Morgan fingerprint density at radius 2 is 2.10 bits per heavy atom. The van der Waals surface area contributed by atoms with Crippen molar-refractivity contribution in [3.63, 3.8) is 0 Å². The first-order valence-electron chi connectivity index (χ1n) is 6.60. The molecule has 1 aliphatic rings. The predicted molar refractivity (Wildman–Crippen MR) is 75.4 cm³/mol.